The standard InChI is InChI=1S/C23H34O5/c1-21-7-5-15(24)10-14(21)3-4-17-20(21)18(25)11-22(2)16(6-8-23(17,22)27)13-9-19(26)28-12-13/h9,14-18,20,24-25,27H,3-8,10-12H2,1-2H3/t14-,15+,16-,17-,18-,20?,21+,22-,23+/m1/s1. The van der Waals surface area contributed by atoms with Gasteiger partial charge in [-0.05, 0) is 86.0 Å². The molecule has 0 bridgehead atoms. The second-order valence-electron chi connectivity index (χ2n) is 10.9. The Hall–Kier alpha value is -0.910. The minimum absolute atomic E-state index is 0.0115. The third-order valence-corrected chi connectivity index (χ3v) is 9.89. The van der Waals surface area contributed by atoms with Crippen LogP contribution in [0.4, 0.5) is 0 Å². The molecule has 1 aliphatic heterocycles. The number of carbonyl (C=O) groups is 1. The van der Waals surface area contributed by atoms with Gasteiger partial charge >= 0.3 is 5.97 Å². The highest BCUT2D eigenvalue weighted by atomic mass is 16.5. The largest absolute Gasteiger partial charge is 0.458 e. The van der Waals surface area contributed by atoms with Gasteiger partial charge in [-0.2, -0.15) is 0 Å². The first-order chi connectivity index (χ1) is 13.2. The lowest BCUT2D eigenvalue weighted by Gasteiger charge is -2.65. The molecule has 4 aliphatic carbocycles. The molecule has 9 atom stereocenters. The van der Waals surface area contributed by atoms with E-state index in [-0.39, 0.29) is 35.2 Å². The number of esters is 1. The molecule has 1 unspecified atom stereocenters. The van der Waals surface area contributed by atoms with Gasteiger partial charge in [0.15, 0.2) is 0 Å². The molecular weight excluding hydrogens is 356 g/mol. The highest BCUT2D eigenvalue weighted by molar-refractivity contribution is 5.85. The Morgan fingerprint density at radius 1 is 1.11 bits per heavy atom. The zero-order chi connectivity index (χ0) is 19.9. The molecule has 28 heavy (non-hydrogen) atoms. The SMILES string of the molecule is C[C@]12CC[C@H](O)C[C@H]1CC[C@@H]1C2[C@H](O)C[C@]2(C)[C@@H](C3=CC(=O)OC3)CC[C@]12O. The van der Waals surface area contributed by atoms with Crippen molar-refractivity contribution in [2.75, 3.05) is 6.61 Å². The van der Waals surface area contributed by atoms with Crippen molar-refractivity contribution in [2.45, 2.75) is 83.0 Å². The van der Waals surface area contributed by atoms with Gasteiger partial charge in [0.25, 0.3) is 0 Å². The van der Waals surface area contributed by atoms with Gasteiger partial charge in [-0.3, -0.25) is 0 Å². The first-order valence-corrected chi connectivity index (χ1v) is 11.1. The number of hydrogen-bond donors (Lipinski definition) is 3. The Morgan fingerprint density at radius 3 is 2.61 bits per heavy atom. The van der Waals surface area contributed by atoms with Crippen molar-refractivity contribution in [2.24, 2.45) is 34.5 Å². The number of aliphatic hydroxyl groups excluding tert-OH is 2. The molecule has 156 valence electrons. The number of cyclic esters (lactones) is 1. The van der Waals surface area contributed by atoms with Gasteiger partial charge in [-0.25, -0.2) is 4.79 Å². The van der Waals surface area contributed by atoms with Crippen molar-refractivity contribution < 1.29 is 24.9 Å². The zero-order valence-corrected chi connectivity index (χ0v) is 17.1. The summed E-state index contributed by atoms with van der Waals surface area (Å²) in [5, 5.41) is 33.7. The Bertz CT molecular complexity index is 718. The van der Waals surface area contributed by atoms with Crippen molar-refractivity contribution in [3.63, 3.8) is 0 Å². The number of hydrogen-bond acceptors (Lipinski definition) is 5. The van der Waals surface area contributed by atoms with E-state index in [1.165, 1.54) is 0 Å². The fraction of sp³-hybridized carbons (Fsp3) is 0.870. The predicted molar refractivity (Wildman–Crippen MR) is 103 cm³/mol. The molecule has 0 aromatic heterocycles. The molecule has 3 N–H and O–H groups in total. The zero-order valence-electron chi connectivity index (χ0n) is 17.1. The minimum atomic E-state index is -0.807. The first kappa shape index (κ1) is 19.1. The summed E-state index contributed by atoms with van der Waals surface area (Å²) in [5.41, 5.74) is -0.250. The lowest BCUT2D eigenvalue weighted by atomic mass is 9.42. The summed E-state index contributed by atoms with van der Waals surface area (Å²) in [4.78, 5) is 11.6. The van der Waals surface area contributed by atoms with Gasteiger partial charge < -0.3 is 20.1 Å². The molecule has 0 spiro atoms. The molecule has 4 fully saturated rings. The van der Waals surface area contributed by atoms with Gasteiger partial charge in [0.05, 0.1) is 17.8 Å². The molecule has 0 saturated heterocycles. The van der Waals surface area contributed by atoms with Crippen LogP contribution in [0.15, 0.2) is 11.6 Å². The lowest BCUT2D eigenvalue weighted by molar-refractivity contribution is -0.242. The molecule has 5 heteroatoms. The molecule has 0 radical (unpaired) electrons. The summed E-state index contributed by atoms with van der Waals surface area (Å²) >= 11 is 0. The van der Waals surface area contributed by atoms with Crippen LogP contribution in [0.1, 0.15) is 65.2 Å². The summed E-state index contributed by atoms with van der Waals surface area (Å²) in [6.07, 6.45) is 7.61. The fourth-order valence-electron chi connectivity index (χ4n) is 8.49. The second-order valence-corrected chi connectivity index (χ2v) is 10.9. The van der Waals surface area contributed by atoms with Gasteiger partial charge in [0, 0.05) is 11.5 Å². The van der Waals surface area contributed by atoms with Crippen LogP contribution in [0.5, 0.6) is 0 Å². The second kappa shape index (κ2) is 6.05. The quantitative estimate of drug-likeness (QED) is 0.599. The van der Waals surface area contributed by atoms with E-state index in [0.29, 0.717) is 18.9 Å². The average molecular weight is 391 g/mol. The Balaban J connectivity index is 1.51. The smallest absolute Gasteiger partial charge is 0.331 e. The minimum Gasteiger partial charge on any atom is -0.458 e. The maximum atomic E-state index is 12.1. The molecule has 5 nitrogen and oxygen atoms in total. The first-order valence-electron chi connectivity index (χ1n) is 11.1. The molecule has 0 amide bonds. The molecule has 5 aliphatic rings. The van der Waals surface area contributed by atoms with Crippen LogP contribution in [-0.4, -0.2) is 45.7 Å². The van der Waals surface area contributed by atoms with E-state index in [0.717, 1.165) is 50.5 Å². The van der Waals surface area contributed by atoms with E-state index in [1.807, 2.05) is 0 Å². The predicted octanol–water partition coefficient (Wildman–Crippen LogP) is 2.58. The number of ether oxygens (including phenoxy) is 1. The van der Waals surface area contributed by atoms with Crippen LogP contribution in [-0.2, 0) is 9.53 Å². The number of fused-ring (bicyclic) bond motifs is 5. The number of aliphatic hydroxyl groups is 3. The highest BCUT2D eigenvalue weighted by Gasteiger charge is 2.69. The third kappa shape index (κ3) is 2.33. The normalized spacial score (nSPS) is 55.8. The van der Waals surface area contributed by atoms with E-state index in [4.69, 9.17) is 4.74 Å². The number of rotatable bonds is 1. The maximum Gasteiger partial charge on any atom is 0.331 e. The van der Waals surface area contributed by atoms with Crippen LogP contribution in [0, 0.1) is 34.5 Å². The Morgan fingerprint density at radius 2 is 1.89 bits per heavy atom. The molecule has 0 aromatic carbocycles. The fourth-order valence-corrected chi connectivity index (χ4v) is 8.49. The molecule has 0 aromatic rings. The van der Waals surface area contributed by atoms with Crippen molar-refractivity contribution in [3.8, 4) is 0 Å². The van der Waals surface area contributed by atoms with E-state index < -0.39 is 17.1 Å². The molecule has 4 saturated carbocycles. The number of carbonyl (C=O) groups excluding carboxylic acids is 1. The van der Waals surface area contributed by atoms with Gasteiger partial charge in [-0.1, -0.05) is 13.8 Å². The monoisotopic (exact) mass is 390 g/mol. The molecular formula is C23H34O5. The van der Waals surface area contributed by atoms with Crippen molar-refractivity contribution in [1.29, 1.82) is 0 Å². The highest BCUT2D eigenvalue weighted by Crippen LogP contribution is 2.69. The summed E-state index contributed by atoms with van der Waals surface area (Å²) in [6.45, 7) is 4.76. The molecule has 5 rings (SSSR count). The summed E-state index contributed by atoms with van der Waals surface area (Å²) in [5.74, 6) is 0.420. The van der Waals surface area contributed by atoms with Crippen LogP contribution in [0.2, 0.25) is 0 Å². The van der Waals surface area contributed by atoms with Crippen molar-refractivity contribution in [3.05, 3.63) is 11.6 Å². The average Bonchev–Trinajstić information content (AvgIpc) is 3.16. The third-order valence-electron chi connectivity index (χ3n) is 9.89. The topological polar surface area (TPSA) is 87.0 Å². The van der Waals surface area contributed by atoms with Gasteiger partial charge in [-0.15, -0.1) is 0 Å². The van der Waals surface area contributed by atoms with Crippen LogP contribution in [0.3, 0.4) is 0 Å². The van der Waals surface area contributed by atoms with Gasteiger partial charge in [0.1, 0.15) is 6.61 Å². The van der Waals surface area contributed by atoms with E-state index in [2.05, 4.69) is 13.8 Å². The maximum absolute atomic E-state index is 12.1. The summed E-state index contributed by atoms with van der Waals surface area (Å²) in [7, 11) is 0. The Labute approximate surface area is 167 Å². The van der Waals surface area contributed by atoms with Gasteiger partial charge in [0.2, 0.25) is 0 Å². The lowest BCUT2D eigenvalue weighted by Crippen LogP contribution is -2.66. The van der Waals surface area contributed by atoms with Crippen molar-refractivity contribution in [1.82, 2.24) is 0 Å². The molecule has 1 heterocycles. The van der Waals surface area contributed by atoms with Crippen LogP contribution < -0.4 is 0 Å². The summed E-state index contributed by atoms with van der Waals surface area (Å²) < 4.78 is 5.17. The van der Waals surface area contributed by atoms with E-state index in [9.17, 15) is 20.1 Å². The van der Waals surface area contributed by atoms with Crippen LogP contribution in [0.25, 0.3) is 0 Å². The van der Waals surface area contributed by atoms with Crippen molar-refractivity contribution >= 4 is 5.97 Å². The summed E-state index contributed by atoms with van der Waals surface area (Å²) in [6, 6.07) is 0. The van der Waals surface area contributed by atoms with Crippen LogP contribution >= 0.6 is 0 Å². The van der Waals surface area contributed by atoms with E-state index >= 15 is 0 Å². The Kier molecular flexibility index (Phi) is 4.12. The van der Waals surface area contributed by atoms with E-state index in [1.54, 1.807) is 6.08 Å².